The van der Waals surface area contributed by atoms with Crippen molar-refractivity contribution in [2.75, 3.05) is 21.3 Å². The molecule has 0 aliphatic rings. The number of sulfonamides is 1. The summed E-state index contributed by atoms with van der Waals surface area (Å²) in [6, 6.07) is 10.8. The van der Waals surface area contributed by atoms with Crippen molar-refractivity contribution < 1.29 is 22.7 Å². The maximum Gasteiger partial charge on any atom is 0.251 e. The van der Waals surface area contributed by atoms with E-state index in [0.29, 0.717) is 11.5 Å². The Balaban J connectivity index is 2.26. The molecule has 0 fully saturated rings. The summed E-state index contributed by atoms with van der Waals surface area (Å²) in [4.78, 5) is 12.8. The van der Waals surface area contributed by atoms with E-state index in [2.05, 4.69) is 5.32 Å². The molecule has 2 rings (SSSR count). The molecule has 8 heteroatoms. The van der Waals surface area contributed by atoms with Crippen LogP contribution in [0.3, 0.4) is 0 Å². The van der Waals surface area contributed by atoms with Gasteiger partial charge in [-0.3, -0.25) is 4.79 Å². The SMILES string of the molecule is COc1ccc(C(C)NC(=O)c2cccc(S(=O)(=O)N(C)C(C)C)c2)c(OC)c1. The highest BCUT2D eigenvalue weighted by molar-refractivity contribution is 7.89. The molecule has 0 radical (unpaired) electrons. The summed E-state index contributed by atoms with van der Waals surface area (Å²) in [5, 5.41) is 2.89. The van der Waals surface area contributed by atoms with Crippen molar-refractivity contribution in [2.24, 2.45) is 0 Å². The first-order valence-electron chi connectivity index (χ1n) is 9.22. The van der Waals surface area contributed by atoms with E-state index in [9.17, 15) is 13.2 Å². The van der Waals surface area contributed by atoms with Gasteiger partial charge in [-0.15, -0.1) is 0 Å². The maximum absolute atomic E-state index is 12.7. The number of rotatable bonds is 8. The summed E-state index contributed by atoms with van der Waals surface area (Å²) in [5.41, 5.74) is 1.05. The third-order valence-corrected chi connectivity index (χ3v) is 6.78. The van der Waals surface area contributed by atoms with Gasteiger partial charge in [-0.25, -0.2) is 8.42 Å². The van der Waals surface area contributed by atoms with Gasteiger partial charge in [-0.2, -0.15) is 4.31 Å². The van der Waals surface area contributed by atoms with Crippen LogP contribution >= 0.6 is 0 Å². The Kier molecular flexibility index (Phi) is 7.26. The predicted octanol–water partition coefficient (Wildman–Crippen LogP) is 3.22. The fourth-order valence-corrected chi connectivity index (χ4v) is 4.19. The van der Waals surface area contributed by atoms with E-state index in [1.54, 1.807) is 52.3 Å². The topological polar surface area (TPSA) is 84.9 Å². The Morgan fingerprint density at radius 1 is 1.03 bits per heavy atom. The number of carbonyl (C=O) groups excluding carboxylic acids is 1. The van der Waals surface area contributed by atoms with Crippen LogP contribution < -0.4 is 14.8 Å². The minimum Gasteiger partial charge on any atom is -0.497 e. The maximum atomic E-state index is 12.7. The first-order chi connectivity index (χ1) is 13.6. The molecular weight excluding hydrogens is 392 g/mol. The van der Waals surface area contributed by atoms with Crippen LogP contribution in [0.4, 0.5) is 0 Å². The summed E-state index contributed by atoms with van der Waals surface area (Å²) in [6.07, 6.45) is 0. The molecule has 0 aromatic heterocycles. The molecule has 0 aliphatic heterocycles. The highest BCUT2D eigenvalue weighted by Crippen LogP contribution is 2.29. The van der Waals surface area contributed by atoms with E-state index in [-0.39, 0.29) is 28.4 Å². The third-order valence-electron chi connectivity index (χ3n) is 4.76. The van der Waals surface area contributed by atoms with Gasteiger partial charge in [-0.1, -0.05) is 6.07 Å². The molecule has 0 saturated carbocycles. The van der Waals surface area contributed by atoms with Crippen LogP contribution in [0.1, 0.15) is 42.7 Å². The summed E-state index contributed by atoms with van der Waals surface area (Å²) >= 11 is 0. The molecule has 158 valence electrons. The zero-order valence-corrected chi connectivity index (χ0v) is 18.4. The van der Waals surface area contributed by atoms with E-state index in [1.807, 2.05) is 13.0 Å². The van der Waals surface area contributed by atoms with Crippen LogP contribution in [0, 0.1) is 0 Å². The van der Waals surface area contributed by atoms with Gasteiger partial charge in [0.2, 0.25) is 10.0 Å². The van der Waals surface area contributed by atoms with E-state index < -0.39 is 10.0 Å². The summed E-state index contributed by atoms with van der Waals surface area (Å²) in [5.74, 6) is 0.864. The third kappa shape index (κ3) is 5.07. The molecule has 0 saturated heterocycles. The average Bonchev–Trinajstić information content (AvgIpc) is 2.72. The smallest absolute Gasteiger partial charge is 0.251 e. The lowest BCUT2D eigenvalue weighted by atomic mass is 10.1. The number of methoxy groups -OCH3 is 2. The van der Waals surface area contributed by atoms with Crippen molar-refractivity contribution in [3.63, 3.8) is 0 Å². The van der Waals surface area contributed by atoms with E-state index >= 15 is 0 Å². The molecule has 29 heavy (non-hydrogen) atoms. The number of hydrogen-bond donors (Lipinski definition) is 1. The molecule has 1 N–H and O–H groups in total. The average molecular weight is 421 g/mol. The molecule has 1 atom stereocenters. The molecule has 0 spiro atoms. The van der Waals surface area contributed by atoms with Crippen LogP contribution in [0.2, 0.25) is 0 Å². The van der Waals surface area contributed by atoms with Crippen LogP contribution in [-0.2, 0) is 10.0 Å². The van der Waals surface area contributed by atoms with Gasteiger partial charge < -0.3 is 14.8 Å². The molecule has 1 unspecified atom stereocenters. The molecule has 0 aliphatic carbocycles. The fourth-order valence-electron chi connectivity index (χ4n) is 2.78. The van der Waals surface area contributed by atoms with Crippen molar-refractivity contribution in [2.45, 2.75) is 37.8 Å². The first kappa shape index (κ1) is 22.7. The van der Waals surface area contributed by atoms with Crippen molar-refractivity contribution in [3.8, 4) is 11.5 Å². The molecule has 0 heterocycles. The van der Waals surface area contributed by atoms with Gasteiger partial charge in [0.15, 0.2) is 0 Å². The van der Waals surface area contributed by atoms with Crippen LogP contribution in [0.5, 0.6) is 11.5 Å². The van der Waals surface area contributed by atoms with Crippen LogP contribution in [-0.4, -0.2) is 45.9 Å². The Hall–Kier alpha value is -2.58. The number of ether oxygens (including phenoxy) is 2. The predicted molar refractivity (Wildman–Crippen MR) is 112 cm³/mol. The number of amides is 1. The molecule has 7 nitrogen and oxygen atoms in total. The number of benzene rings is 2. The minimum absolute atomic E-state index is 0.0797. The standard InChI is InChI=1S/C21H28N2O5S/c1-14(2)23(4)29(25,26)18-9-7-8-16(12-18)21(24)22-15(3)19-11-10-17(27-5)13-20(19)28-6/h7-15H,1-6H3,(H,22,24). The second-order valence-electron chi connectivity index (χ2n) is 6.95. The lowest BCUT2D eigenvalue weighted by molar-refractivity contribution is 0.0939. The van der Waals surface area contributed by atoms with Crippen molar-refractivity contribution in [1.82, 2.24) is 9.62 Å². The second kappa shape index (κ2) is 9.28. The normalized spacial score (nSPS) is 12.7. The van der Waals surface area contributed by atoms with Gasteiger partial charge >= 0.3 is 0 Å². The Morgan fingerprint density at radius 3 is 2.31 bits per heavy atom. The van der Waals surface area contributed by atoms with Gasteiger partial charge in [0.25, 0.3) is 5.91 Å². The largest absolute Gasteiger partial charge is 0.497 e. The monoisotopic (exact) mass is 420 g/mol. The minimum atomic E-state index is -3.67. The van der Waals surface area contributed by atoms with Crippen LogP contribution in [0.15, 0.2) is 47.4 Å². The highest BCUT2D eigenvalue weighted by atomic mass is 32.2. The number of hydrogen-bond acceptors (Lipinski definition) is 5. The molecule has 2 aromatic rings. The van der Waals surface area contributed by atoms with Crippen LogP contribution in [0.25, 0.3) is 0 Å². The van der Waals surface area contributed by atoms with Crippen molar-refractivity contribution in [1.29, 1.82) is 0 Å². The fraction of sp³-hybridized carbons (Fsp3) is 0.381. The van der Waals surface area contributed by atoms with Crippen molar-refractivity contribution >= 4 is 15.9 Å². The second-order valence-corrected chi connectivity index (χ2v) is 8.94. The lowest BCUT2D eigenvalue weighted by Gasteiger charge is -2.21. The molecule has 2 aromatic carbocycles. The van der Waals surface area contributed by atoms with Gasteiger partial charge in [-0.05, 0) is 51.1 Å². The zero-order valence-electron chi connectivity index (χ0n) is 17.6. The zero-order chi connectivity index (χ0) is 21.8. The van der Waals surface area contributed by atoms with Crippen molar-refractivity contribution in [3.05, 3.63) is 53.6 Å². The van der Waals surface area contributed by atoms with Gasteiger partial charge in [0.1, 0.15) is 11.5 Å². The Morgan fingerprint density at radius 2 is 1.72 bits per heavy atom. The quantitative estimate of drug-likeness (QED) is 0.709. The van der Waals surface area contributed by atoms with Gasteiger partial charge in [0.05, 0.1) is 25.2 Å². The lowest BCUT2D eigenvalue weighted by Crippen LogP contribution is -2.33. The number of nitrogens with zero attached hydrogens (tertiary/aromatic N) is 1. The Labute approximate surface area is 172 Å². The summed E-state index contributed by atoms with van der Waals surface area (Å²) in [7, 11) is 0.960. The molecule has 1 amide bonds. The van der Waals surface area contributed by atoms with E-state index in [1.165, 1.54) is 23.5 Å². The number of carbonyl (C=O) groups is 1. The Bertz CT molecular complexity index is 973. The summed E-state index contributed by atoms with van der Waals surface area (Å²) in [6.45, 7) is 5.41. The summed E-state index contributed by atoms with van der Waals surface area (Å²) < 4.78 is 37.3. The van der Waals surface area contributed by atoms with Gasteiger partial charge in [0, 0.05) is 30.3 Å². The number of nitrogens with one attached hydrogen (secondary N) is 1. The molecular formula is C21H28N2O5S. The first-order valence-corrected chi connectivity index (χ1v) is 10.7. The van der Waals surface area contributed by atoms with E-state index in [0.717, 1.165) is 5.56 Å². The molecule has 0 bridgehead atoms. The highest BCUT2D eigenvalue weighted by Gasteiger charge is 2.24. The van der Waals surface area contributed by atoms with E-state index in [4.69, 9.17) is 9.47 Å².